The third-order valence-electron chi connectivity index (χ3n) is 9.60. The van der Waals surface area contributed by atoms with E-state index in [2.05, 4.69) is 91.6 Å². The molecule has 0 spiro atoms. The van der Waals surface area contributed by atoms with Crippen molar-refractivity contribution in [1.82, 2.24) is 9.13 Å². The molecule has 9 aromatic rings. The van der Waals surface area contributed by atoms with Crippen molar-refractivity contribution in [3.05, 3.63) is 180 Å². The van der Waals surface area contributed by atoms with E-state index in [1.54, 1.807) is 0 Å². The van der Waals surface area contributed by atoms with E-state index in [1.165, 1.54) is 0 Å². The Morgan fingerprint density at radius 1 is 0.460 bits per heavy atom. The van der Waals surface area contributed by atoms with E-state index in [-0.39, 0.29) is 0 Å². The van der Waals surface area contributed by atoms with Crippen LogP contribution in [0.25, 0.3) is 86.9 Å². The van der Waals surface area contributed by atoms with Gasteiger partial charge in [0.2, 0.25) is 0 Å². The van der Waals surface area contributed by atoms with Crippen molar-refractivity contribution in [2.45, 2.75) is 0 Å². The second kappa shape index (κ2) is 11.4. The van der Waals surface area contributed by atoms with Gasteiger partial charge in [-0.3, -0.25) is 0 Å². The predicted octanol–water partition coefficient (Wildman–Crippen LogP) is 12.2. The Morgan fingerprint density at radius 3 is 1.62 bits per heavy atom. The van der Waals surface area contributed by atoms with Gasteiger partial charge in [0.1, 0.15) is 0 Å². The van der Waals surface area contributed by atoms with Crippen molar-refractivity contribution >= 4 is 55.0 Å². The number of benzene rings is 7. The van der Waals surface area contributed by atoms with E-state index in [0.29, 0.717) is 16.9 Å². The first-order chi connectivity index (χ1) is 24.7. The highest BCUT2D eigenvalue weighted by Crippen LogP contribution is 2.43. The lowest BCUT2D eigenvalue weighted by molar-refractivity contribution is 1.17. The minimum absolute atomic E-state index is 0.592. The maximum atomic E-state index is 10.2. The molecule has 0 bridgehead atoms. The van der Waals surface area contributed by atoms with Gasteiger partial charge in [0, 0.05) is 33.2 Å². The summed E-state index contributed by atoms with van der Waals surface area (Å²) in [5, 5.41) is 14.4. The summed E-state index contributed by atoms with van der Waals surface area (Å²) in [6.07, 6.45) is 0. The molecule has 5 heteroatoms. The minimum Gasteiger partial charge on any atom is -0.309 e. The average molecular weight is 636 g/mol. The van der Waals surface area contributed by atoms with Crippen LogP contribution in [0.1, 0.15) is 5.56 Å². The van der Waals surface area contributed by atoms with Crippen LogP contribution in [-0.2, 0) is 0 Å². The summed E-state index contributed by atoms with van der Waals surface area (Å²) in [6, 6.07) is 53.4. The minimum atomic E-state index is 0.592. The normalized spacial score (nSPS) is 11.1. The lowest BCUT2D eigenvalue weighted by atomic mass is 9.93. The Morgan fingerprint density at radius 2 is 0.980 bits per heavy atom. The molecular formula is C45H25N5. The second-order valence-electron chi connectivity index (χ2n) is 12.2. The molecule has 230 valence electrons. The fraction of sp³-hybridized carbons (Fsp3) is 0. The van der Waals surface area contributed by atoms with Gasteiger partial charge in [0.05, 0.1) is 52.5 Å². The summed E-state index contributed by atoms with van der Waals surface area (Å²) in [4.78, 5) is 7.41. The molecule has 9 rings (SSSR count). The van der Waals surface area contributed by atoms with Gasteiger partial charge >= 0.3 is 0 Å². The topological polar surface area (TPSA) is 42.4 Å². The molecule has 0 saturated carbocycles. The van der Waals surface area contributed by atoms with Gasteiger partial charge in [-0.05, 0) is 70.9 Å². The zero-order valence-electron chi connectivity index (χ0n) is 26.7. The molecule has 7 aromatic carbocycles. The van der Waals surface area contributed by atoms with Gasteiger partial charge in [0.15, 0.2) is 11.4 Å². The van der Waals surface area contributed by atoms with E-state index in [1.807, 2.05) is 84.9 Å². The third kappa shape index (κ3) is 4.31. The maximum absolute atomic E-state index is 10.2. The van der Waals surface area contributed by atoms with E-state index in [9.17, 15) is 5.26 Å². The van der Waals surface area contributed by atoms with Crippen molar-refractivity contribution in [2.24, 2.45) is 0 Å². The van der Waals surface area contributed by atoms with E-state index >= 15 is 0 Å². The van der Waals surface area contributed by atoms with Gasteiger partial charge in [-0.1, -0.05) is 97.1 Å². The smallest absolute Gasteiger partial charge is 0.188 e. The van der Waals surface area contributed by atoms with Crippen LogP contribution < -0.4 is 0 Å². The number of rotatable bonds is 4. The van der Waals surface area contributed by atoms with Crippen LogP contribution in [0.3, 0.4) is 0 Å². The summed E-state index contributed by atoms with van der Waals surface area (Å²) in [5.74, 6) is 0. The number of para-hydroxylation sites is 3. The number of hydrogen-bond acceptors (Lipinski definition) is 1. The van der Waals surface area contributed by atoms with Crippen molar-refractivity contribution in [3.8, 4) is 39.7 Å². The quantitative estimate of drug-likeness (QED) is 0.177. The third-order valence-corrected chi connectivity index (χ3v) is 9.60. The number of fused-ring (bicyclic) bond motifs is 6. The highest BCUT2D eigenvalue weighted by molar-refractivity contribution is 6.12. The van der Waals surface area contributed by atoms with E-state index in [4.69, 9.17) is 13.1 Å². The van der Waals surface area contributed by atoms with Crippen LogP contribution in [0.4, 0.5) is 11.4 Å². The second-order valence-corrected chi connectivity index (χ2v) is 12.2. The zero-order chi connectivity index (χ0) is 33.8. The van der Waals surface area contributed by atoms with E-state index in [0.717, 1.165) is 77.2 Å². The Balaban J connectivity index is 1.31. The number of hydrogen-bond donors (Lipinski definition) is 0. The molecule has 0 aliphatic heterocycles. The molecular weight excluding hydrogens is 611 g/mol. The standard InChI is InChI=1S/C45H25N5/c1-47-31-20-24-43-39(26-31)36-12-5-7-16-41(36)49(43)33-22-18-29(19-23-33)35-14-9-15-38(34-11-4-3-10-30(34)28-46)45(35)50-42-17-8-6-13-37(42)40-27-32(48-2)21-25-44(40)50/h3-27H. The molecule has 0 saturated heterocycles. The Bertz CT molecular complexity index is 2960. The Kier molecular flexibility index (Phi) is 6.56. The van der Waals surface area contributed by atoms with Crippen LogP contribution in [0.2, 0.25) is 0 Å². The molecule has 0 amide bonds. The van der Waals surface area contributed by atoms with Crippen LogP contribution in [0, 0.1) is 24.5 Å². The molecule has 0 N–H and O–H groups in total. The first-order valence-corrected chi connectivity index (χ1v) is 16.2. The monoisotopic (exact) mass is 635 g/mol. The highest BCUT2D eigenvalue weighted by Gasteiger charge is 2.21. The first-order valence-electron chi connectivity index (χ1n) is 16.2. The number of nitrogens with zero attached hydrogens (tertiary/aromatic N) is 5. The van der Waals surface area contributed by atoms with Crippen molar-refractivity contribution in [3.63, 3.8) is 0 Å². The molecule has 2 aromatic heterocycles. The summed E-state index contributed by atoms with van der Waals surface area (Å²) in [6.45, 7) is 15.2. The number of nitriles is 1. The lowest BCUT2D eigenvalue weighted by Gasteiger charge is -2.20. The van der Waals surface area contributed by atoms with E-state index < -0.39 is 0 Å². The molecule has 0 fully saturated rings. The maximum Gasteiger partial charge on any atom is 0.188 e. The summed E-state index contributed by atoms with van der Waals surface area (Å²) in [5.41, 5.74) is 11.8. The van der Waals surface area contributed by atoms with Gasteiger partial charge in [-0.15, -0.1) is 0 Å². The molecule has 2 heterocycles. The van der Waals surface area contributed by atoms with Crippen LogP contribution >= 0.6 is 0 Å². The zero-order valence-corrected chi connectivity index (χ0v) is 26.7. The first kappa shape index (κ1) is 28.8. The van der Waals surface area contributed by atoms with Gasteiger partial charge in [0.25, 0.3) is 0 Å². The van der Waals surface area contributed by atoms with Crippen LogP contribution in [-0.4, -0.2) is 9.13 Å². The van der Waals surface area contributed by atoms with Crippen molar-refractivity contribution in [2.75, 3.05) is 0 Å². The fourth-order valence-electron chi connectivity index (χ4n) is 7.42. The summed E-state index contributed by atoms with van der Waals surface area (Å²) >= 11 is 0. The Labute approximate surface area is 288 Å². The summed E-state index contributed by atoms with van der Waals surface area (Å²) < 4.78 is 4.54. The fourth-order valence-corrected chi connectivity index (χ4v) is 7.42. The lowest BCUT2D eigenvalue weighted by Crippen LogP contribution is -2.01. The Hall–Kier alpha value is -7.39. The van der Waals surface area contributed by atoms with Crippen molar-refractivity contribution < 1.29 is 0 Å². The van der Waals surface area contributed by atoms with Crippen LogP contribution in [0.5, 0.6) is 0 Å². The average Bonchev–Trinajstić information content (AvgIpc) is 3.69. The molecule has 0 aliphatic carbocycles. The van der Waals surface area contributed by atoms with Crippen LogP contribution in [0.15, 0.2) is 152 Å². The molecule has 0 aliphatic rings. The van der Waals surface area contributed by atoms with Gasteiger partial charge in [-0.2, -0.15) is 5.26 Å². The molecule has 0 radical (unpaired) electrons. The molecule has 50 heavy (non-hydrogen) atoms. The summed E-state index contributed by atoms with van der Waals surface area (Å²) in [7, 11) is 0. The molecule has 5 nitrogen and oxygen atoms in total. The van der Waals surface area contributed by atoms with Gasteiger partial charge in [-0.25, -0.2) is 9.69 Å². The largest absolute Gasteiger partial charge is 0.309 e. The highest BCUT2D eigenvalue weighted by atomic mass is 15.0. The van der Waals surface area contributed by atoms with Gasteiger partial charge < -0.3 is 9.13 Å². The molecule has 0 atom stereocenters. The molecule has 0 unspecified atom stereocenters. The SMILES string of the molecule is [C-]#[N+]c1ccc2c(c1)c1ccccc1n2-c1ccc(-c2cccc(-c3ccccc3C#N)c2-n2c3ccccc3c3cc([N+]#[C-])ccc32)cc1. The predicted molar refractivity (Wildman–Crippen MR) is 203 cm³/mol. The number of aromatic nitrogens is 2. The van der Waals surface area contributed by atoms with Crippen molar-refractivity contribution in [1.29, 1.82) is 5.26 Å².